The first-order valence-electron chi connectivity index (χ1n) is 5.78. The minimum absolute atomic E-state index is 0.0445. The van der Waals surface area contributed by atoms with Crippen LogP contribution < -0.4 is 5.32 Å². The number of halogens is 3. The Balaban J connectivity index is 3.60. The van der Waals surface area contributed by atoms with Crippen LogP contribution in [0.2, 0.25) is 0 Å². The van der Waals surface area contributed by atoms with Gasteiger partial charge in [0.05, 0.1) is 0 Å². The Kier molecular flexibility index (Phi) is 7.23. The molecule has 108 valence electrons. The van der Waals surface area contributed by atoms with Crippen molar-refractivity contribution in [3.8, 4) is 0 Å². The molecule has 0 amide bonds. The Bertz CT molecular complexity index is 258. The van der Waals surface area contributed by atoms with Gasteiger partial charge >= 0.3 is 12.1 Å². The minimum atomic E-state index is -4.14. The first-order chi connectivity index (χ1) is 8.21. The number of carboxylic acids is 1. The molecular weight excluding hydrogens is 251 g/mol. The van der Waals surface area contributed by atoms with E-state index < -0.39 is 24.1 Å². The Hall–Kier alpha value is -0.820. The molecule has 0 bridgehead atoms. The number of aliphatic carboxylic acids is 1. The van der Waals surface area contributed by atoms with Crippen molar-refractivity contribution in [1.82, 2.24) is 5.32 Å². The van der Waals surface area contributed by atoms with Gasteiger partial charge in [0.15, 0.2) is 0 Å². The van der Waals surface area contributed by atoms with Gasteiger partial charge in [-0.15, -0.1) is 0 Å². The van der Waals surface area contributed by atoms with E-state index in [1.54, 1.807) is 14.0 Å². The third-order valence-electron chi connectivity index (χ3n) is 2.74. The van der Waals surface area contributed by atoms with Crippen molar-refractivity contribution in [3.63, 3.8) is 0 Å². The molecule has 1 atom stereocenters. The molecule has 0 aromatic carbocycles. The Morgan fingerprint density at radius 1 is 1.22 bits per heavy atom. The monoisotopic (exact) mass is 271 g/mol. The summed E-state index contributed by atoms with van der Waals surface area (Å²) in [5, 5.41) is 11.6. The van der Waals surface area contributed by atoms with Gasteiger partial charge < -0.3 is 15.2 Å². The van der Waals surface area contributed by atoms with Gasteiger partial charge in [-0.25, -0.2) is 0 Å². The maximum Gasteiger partial charge on any atom is 0.389 e. The topological polar surface area (TPSA) is 58.6 Å². The highest BCUT2D eigenvalue weighted by Gasteiger charge is 2.30. The fraction of sp³-hybridized carbons (Fsp3) is 0.909. The third-order valence-corrected chi connectivity index (χ3v) is 2.74. The molecule has 4 nitrogen and oxygen atoms in total. The molecule has 0 heterocycles. The lowest BCUT2D eigenvalue weighted by atomic mass is 9.96. The summed E-state index contributed by atoms with van der Waals surface area (Å²) in [6, 6.07) is 0. The van der Waals surface area contributed by atoms with E-state index in [0.29, 0.717) is 12.8 Å². The van der Waals surface area contributed by atoms with E-state index in [0.717, 1.165) is 0 Å². The summed E-state index contributed by atoms with van der Waals surface area (Å²) < 4.78 is 40.4. The van der Waals surface area contributed by atoms with Gasteiger partial charge in [-0.1, -0.05) is 0 Å². The molecule has 0 aliphatic rings. The first-order valence-corrected chi connectivity index (χ1v) is 5.78. The second-order valence-corrected chi connectivity index (χ2v) is 4.32. The van der Waals surface area contributed by atoms with Crippen molar-refractivity contribution in [2.45, 2.75) is 44.3 Å². The number of hydrogen-bond donors (Lipinski definition) is 2. The molecule has 0 aromatic rings. The summed E-state index contributed by atoms with van der Waals surface area (Å²) >= 11 is 0. The minimum Gasteiger partial charge on any atom is -0.480 e. The molecule has 0 spiro atoms. The van der Waals surface area contributed by atoms with Gasteiger partial charge in [-0.05, 0) is 33.2 Å². The highest BCUT2D eigenvalue weighted by Crippen LogP contribution is 2.21. The number of hydrogen-bond acceptors (Lipinski definition) is 3. The van der Waals surface area contributed by atoms with Crippen LogP contribution in [0.4, 0.5) is 13.2 Å². The lowest BCUT2D eigenvalue weighted by Crippen LogP contribution is -2.47. The average molecular weight is 271 g/mol. The van der Waals surface area contributed by atoms with Gasteiger partial charge in [0, 0.05) is 19.6 Å². The van der Waals surface area contributed by atoms with E-state index in [4.69, 9.17) is 9.84 Å². The van der Waals surface area contributed by atoms with Crippen LogP contribution in [0.3, 0.4) is 0 Å². The van der Waals surface area contributed by atoms with E-state index in [1.807, 2.05) is 0 Å². The zero-order valence-electron chi connectivity index (χ0n) is 10.6. The molecule has 0 aliphatic heterocycles. The molecule has 1 unspecified atom stereocenters. The van der Waals surface area contributed by atoms with Gasteiger partial charge in [0.1, 0.15) is 5.54 Å². The highest BCUT2D eigenvalue weighted by atomic mass is 19.4. The predicted octanol–water partition coefficient (Wildman–Crippen LogP) is 2.19. The van der Waals surface area contributed by atoms with Gasteiger partial charge in [0.2, 0.25) is 0 Å². The van der Waals surface area contributed by atoms with Crippen molar-refractivity contribution in [2.24, 2.45) is 0 Å². The summed E-state index contributed by atoms with van der Waals surface area (Å²) in [6.45, 7) is 1.87. The van der Waals surface area contributed by atoms with Gasteiger partial charge in [-0.3, -0.25) is 4.79 Å². The van der Waals surface area contributed by atoms with E-state index in [9.17, 15) is 18.0 Å². The maximum absolute atomic E-state index is 11.8. The summed E-state index contributed by atoms with van der Waals surface area (Å²) in [7, 11) is 1.55. The summed E-state index contributed by atoms with van der Waals surface area (Å²) in [6.07, 6.45) is -4.22. The average Bonchev–Trinajstić information content (AvgIpc) is 2.25. The van der Waals surface area contributed by atoms with Crippen molar-refractivity contribution in [3.05, 3.63) is 0 Å². The van der Waals surface area contributed by atoms with E-state index in [1.165, 1.54) is 0 Å². The fourth-order valence-electron chi connectivity index (χ4n) is 1.34. The standard InChI is InChI=1S/C11H20F3NO3/c1-10(15-2,9(16)17)5-3-7-18-8-4-6-11(12,13)14/h15H,3-8H2,1-2H3,(H,16,17). The molecule has 0 saturated carbocycles. The number of ether oxygens (including phenoxy) is 1. The van der Waals surface area contributed by atoms with Crippen LogP contribution in [0.1, 0.15) is 32.6 Å². The van der Waals surface area contributed by atoms with Crippen LogP contribution >= 0.6 is 0 Å². The molecule has 0 fully saturated rings. The Morgan fingerprint density at radius 3 is 2.11 bits per heavy atom. The van der Waals surface area contributed by atoms with Crippen LogP contribution in [0.5, 0.6) is 0 Å². The Morgan fingerprint density at radius 2 is 1.72 bits per heavy atom. The van der Waals surface area contributed by atoms with Gasteiger partial charge in [-0.2, -0.15) is 13.2 Å². The number of nitrogens with one attached hydrogen (secondary N) is 1. The van der Waals surface area contributed by atoms with E-state index >= 15 is 0 Å². The Labute approximate surface area is 105 Å². The second kappa shape index (κ2) is 7.58. The molecule has 0 rings (SSSR count). The number of likely N-dealkylation sites (N-methyl/N-ethyl adjacent to an activating group) is 1. The first kappa shape index (κ1) is 17.2. The molecule has 0 saturated heterocycles. The summed E-state index contributed by atoms with van der Waals surface area (Å²) in [4.78, 5) is 10.9. The smallest absolute Gasteiger partial charge is 0.389 e. The summed E-state index contributed by atoms with van der Waals surface area (Å²) in [5.74, 6) is -0.956. The van der Waals surface area contributed by atoms with Crippen LogP contribution in [0, 0.1) is 0 Å². The third kappa shape index (κ3) is 7.50. The summed E-state index contributed by atoms with van der Waals surface area (Å²) in [5.41, 5.74) is -1.02. The lowest BCUT2D eigenvalue weighted by molar-refractivity contribution is -0.144. The highest BCUT2D eigenvalue weighted by molar-refractivity contribution is 5.78. The van der Waals surface area contributed by atoms with Crippen molar-refractivity contribution < 1.29 is 27.8 Å². The molecule has 0 aromatic heterocycles. The van der Waals surface area contributed by atoms with Crippen molar-refractivity contribution in [2.75, 3.05) is 20.3 Å². The number of carboxylic acid groups (broad SMARTS) is 1. The number of carbonyl (C=O) groups is 1. The molecule has 0 aliphatic carbocycles. The zero-order chi connectivity index (χ0) is 14.2. The van der Waals surface area contributed by atoms with Crippen LogP contribution in [-0.2, 0) is 9.53 Å². The molecule has 7 heteroatoms. The number of rotatable bonds is 9. The van der Waals surface area contributed by atoms with Crippen LogP contribution in [-0.4, -0.2) is 43.1 Å². The number of alkyl halides is 3. The van der Waals surface area contributed by atoms with Gasteiger partial charge in [0.25, 0.3) is 0 Å². The van der Waals surface area contributed by atoms with E-state index in [-0.39, 0.29) is 19.6 Å². The SMILES string of the molecule is CNC(C)(CCCOCCCC(F)(F)F)C(=O)O. The second-order valence-electron chi connectivity index (χ2n) is 4.32. The van der Waals surface area contributed by atoms with Crippen molar-refractivity contribution in [1.29, 1.82) is 0 Å². The fourth-order valence-corrected chi connectivity index (χ4v) is 1.34. The molecular formula is C11H20F3NO3. The maximum atomic E-state index is 11.8. The largest absolute Gasteiger partial charge is 0.480 e. The van der Waals surface area contributed by atoms with E-state index in [2.05, 4.69) is 5.32 Å². The molecule has 18 heavy (non-hydrogen) atoms. The molecule has 2 N–H and O–H groups in total. The van der Waals surface area contributed by atoms with Crippen molar-refractivity contribution >= 4 is 5.97 Å². The normalized spacial score (nSPS) is 15.4. The van der Waals surface area contributed by atoms with Crippen LogP contribution in [0.25, 0.3) is 0 Å². The molecule has 0 radical (unpaired) electrons. The van der Waals surface area contributed by atoms with Crippen LogP contribution in [0.15, 0.2) is 0 Å². The lowest BCUT2D eigenvalue weighted by Gasteiger charge is -2.23. The quantitative estimate of drug-likeness (QED) is 0.631. The predicted molar refractivity (Wildman–Crippen MR) is 60.4 cm³/mol. The zero-order valence-corrected chi connectivity index (χ0v) is 10.6.